The molecular weight excluding hydrogens is 370 g/mol. The quantitative estimate of drug-likeness (QED) is 0.603. The van der Waals surface area contributed by atoms with Crippen LogP contribution in [0.5, 0.6) is 5.75 Å². The molecule has 4 N–H and O–H groups in total. The minimum absolute atomic E-state index is 0.159. The number of carbonyl (C=O) groups is 1. The Kier molecular flexibility index (Phi) is 5.15. The lowest BCUT2D eigenvalue weighted by atomic mass is 9.94. The molecule has 0 bridgehead atoms. The van der Waals surface area contributed by atoms with Crippen LogP contribution in [0.15, 0.2) is 53.7 Å². The average Bonchev–Trinajstić information content (AvgIpc) is 2.58. The Labute approximate surface area is 162 Å². The molecule has 1 aliphatic rings. The molecule has 7 heteroatoms. The van der Waals surface area contributed by atoms with Gasteiger partial charge >= 0.3 is 0 Å². The molecule has 0 radical (unpaired) electrons. The van der Waals surface area contributed by atoms with Crippen LogP contribution in [0.3, 0.4) is 0 Å². The number of aryl methyl sites for hydroxylation is 1. The summed E-state index contributed by atoms with van der Waals surface area (Å²) in [7, 11) is 0. The SMILES string of the molecule is CC1=C(C(=O)Nc2cc(Cl)ccc2C)[C@H](c2ccc(O)cc2)NC(=S)N1. The van der Waals surface area contributed by atoms with E-state index in [4.69, 9.17) is 23.8 Å². The fraction of sp³-hybridized carbons (Fsp3) is 0.158. The zero-order valence-corrected chi connectivity index (χ0v) is 15.8. The van der Waals surface area contributed by atoms with Gasteiger partial charge in [-0.3, -0.25) is 4.79 Å². The van der Waals surface area contributed by atoms with Crippen LogP contribution in [0.4, 0.5) is 5.69 Å². The first-order chi connectivity index (χ1) is 12.3. The number of amides is 1. The molecule has 0 saturated heterocycles. The van der Waals surface area contributed by atoms with Gasteiger partial charge in [0, 0.05) is 16.4 Å². The van der Waals surface area contributed by atoms with Gasteiger partial charge in [-0.2, -0.15) is 0 Å². The molecule has 0 aromatic heterocycles. The van der Waals surface area contributed by atoms with Gasteiger partial charge in [0.1, 0.15) is 5.75 Å². The lowest BCUT2D eigenvalue weighted by Crippen LogP contribution is -2.45. The van der Waals surface area contributed by atoms with E-state index >= 15 is 0 Å². The van der Waals surface area contributed by atoms with Gasteiger partial charge in [-0.1, -0.05) is 29.8 Å². The van der Waals surface area contributed by atoms with Gasteiger partial charge in [-0.05, 0) is 61.5 Å². The highest BCUT2D eigenvalue weighted by Gasteiger charge is 2.30. The van der Waals surface area contributed by atoms with Crippen molar-refractivity contribution >= 4 is 40.5 Å². The first-order valence-electron chi connectivity index (χ1n) is 8.00. The van der Waals surface area contributed by atoms with E-state index < -0.39 is 6.04 Å². The molecule has 0 spiro atoms. The molecule has 1 amide bonds. The zero-order valence-electron chi connectivity index (χ0n) is 14.3. The molecular formula is C19H18ClN3O2S. The van der Waals surface area contributed by atoms with Gasteiger partial charge in [0.2, 0.25) is 0 Å². The number of thiocarbonyl (C=S) groups is 1. The molecule has 134 valence electrons. The average molecular weight is 388 g/mol. The number of aromatic hydroxyl groups is 1. The van der Waals surface area contributed by atoms with Crippen molar-refractivity contribution in [3.05, 3.63) is 69.9 Å². The fourth-order valence-corrected chi connectivity index (χ4v) is 3.27. The van der Waals surface area contributed by atoms with E-state index in [1.54, 1.807) is 43.3 Å². The molecule has 26 heavy (non-hydrogen) atoms. The third-order valence-corrected chi connectivity index (χ3v) is 4.64. The Bertz CT molecular complexity index is 910. The van der Waals surface area contributed by atoms with Crippen LogP contribution in [-0.2, 0) is 4.79 Å². The highest BCUT2D eigenvalue weighted by molar-refractivity contribution is 7.80. The molecule has 2 aromatic carbocycles. The van der Waals surface area contributed by atoms with Crippen LogP contribution in [0.1, 0.15) is 24.1 Å². The number of hydrogen-bond donors (Lipinski definition) is 4. The summed E-state index contributed by atoms with van der Waals surface area (Å²) in [5.41, 5.74) is 3.57. The molecule has 0 fully saturated rings. The number of hydrogen-bond acceptors (Lipinski definition) is 3. The summed E-state index contributed by atoms with van der Waals surface area (Å²) < 4.78 is 0. The van der Waals surface area contributed by atoms with Gasteiger partial charge in [-0.15, -0.1) is 0 Å². The maximum Gasteiger partial charge on any atom is 0.255 e. The monoisotopic (exact) mass is 387 g/mol. The summed E-state index contributed by atoms with van der Waals surface area (Å²) in [6, 6.07) is 11.6. The van der Waals surface area contributed by atoms with Gasteiger partial charge in [0.25, 0.3) is 5.91 Å². The third-order valence-electron chi connectivity index (χ3n) is 4.19. The summed E-state index contributed by atoms with van der Waals surface area (Å²) in [5, 5.41) is 19.6. The maximum atomic E-state index is 13.0. The molecule has 0 unspecified atom stereocenters. The minimum Gasteiger partial charge on any atom is -0.508 e. The second kappa shape index (κ2) is 7.35. The molecule has 1 heterocycles. The number of phenols is 1. The second-order valence-corrected chi connectivity index (χ2v) is 6.92. The van der Waals surface area contributed by atoms with Crippen molar-refractivity contribution in [2.75, 3.05) is 5.32 Å². The predicted octanol–water partition coefficient (Wildman–Crippen LogP) is 3.79. The van der Waals surface area contributed by atoms with E-state index in [1.165, 1.54) is 0 Å². The fourth-order valence-electron chi connectivity index (χ4n) is 2.83. The summed E-state index contributed by atoms with van der Waals surface area (Å²) in [6.45, 7) is 3.71. The molecule has 2 aromatic rings. The van der Waals surface area contributed by atoms with E-state index in [-0.39, 0.29) is 11.7 Å². The Morgan fingerprint density at radius 2 is 1.88 bits per heavy atom. The third kappa shape index (κ3) is 3.81. The van der Waals surface area contributed by atoms with Crippen molar-refractivity contribution in [2.45, 2.75) is 19.9 Å². The highest BCUT2D eigenvalue weighted by Crippen LogP contribution is 2.29. The lowest BCUT2D eigenvalue weighted by Gasteiger charge is -2.30. The molecule has 1 aliphatic heterocycles. The van der Waals surface area contributed by atoms with Crippen molar-refractivity contribution < 1.29 is 9.90 Å². The van der Waals surface area contributed by atoms with Crippen LogP contribution >= 0.6 is 23.8 Å². The number of phenolic OH excluding ortho intramolecular Hbond substituents is 1. The Morgan fingerprint density at radius 1 is 1.19 bits per heavy atom. The number of carbonyl (C=O) groups excluding carboxylic acids is 1. The molecule has 0 saturated carbocycles. The number of halogens is 1. The standard InChI is InChI=1S/C19H18ClN3O2S/c1-10-3-6-13(20)9-15(10)22-18(25)16-11(2)21-19(26)23-17(16)12-4-7-14(24)8-5-12/h3-9,17,24H,1-2H3,(H,22,25)(H2,21,23,26)/t17-/m0/s1. The van der Waals surface area contributed by atoms with Crippen LogP contribution in [-0.4, -0.2) is 16.1 Å². The maximum absolute atomic E-state index is 13.0. The van der Waals surface area contributed by atoms with Gasteiger partial charge in [-0.25, -0.2) is 0 Å². The van der Waals surface area contributed by atoms with Crippen molar-refractivity contribution in [2.24, 2.45) is 0 Å². The number of rotatable bonds is 3. The van der Waals surface area contributed by atoms with Crippen molar-refractivity contribution in [1.29, 1.82) is 0 Å². The molecule has 5 nitrogen and oxygen atoms in total. The molecule has 1 atom stereocenters. The Hall–Kier alpha value is -2.57. The number of benzene rings is 2. The highest BCUT2D eigenvalue weighted by atomic mass is 35.5. The van der Waals surface area contributed by atoms with E-state index in [9.17, 15) is 9.90 Å². The molecule has 0 aliphatic carbocycles. The number of allylic oxidation sites excluding steroid dienone is 1. The van der Waals surface area contributed by atoms with Crippen molar-refractivity contribution in [3.63, 3.8) is 0 Å². The van der Waals surface area contributed by atoms with E-state index in [1.807, 2.05) is 13.0 Å². The van der Waals surface area contributed by atoms with Crippen LogP contribution in [0.25, 0.3) is 0 Å². The van der Waals surface area contributed by atoms with Gasteiger partial charge in [0.15, 0.2) is 5.11 Å². The smallest absolute Gasteiger partial charge is 0.255 e. The van der Waals surface area contributed by atoms with Crippen LogP contribution < -0.4 is 16.0 Å². The lowest BCUT2D eigenvalue weighted by molar-refractivity contribution is -0.113. The summed E-state index contributed by atoms with van der Waals surface area (Å²) in [4.78, 5) is 13.0. The summed E-state index contributed by atoms with van der Waals surface area (Å²) in [5.74, 6) is -0.0973. The largest absolute Gasteiger partial charge is 0.508 e. The number of nitrogens with one attached hydrogen (secondary N) is 3. The van der Waals surface area contributed by atoms with E-state index in [0.29, 0.717) is 27.1 Å². The summed E-state index contributed by atoms with van der Waals surface area (Å²) in [6.07, 6.45) is 0. The normalized spacial score (nSPS) is 16.7. The topological polar surface area (TPSA) is 73.4 Å². The summed E-state index contributed by atoms with van der Waals surface area (Å²) >= 11 is 11.3. The Morgan fingerprint density at radius 3 is 2.58 bits per heavy atom. The molecule has 3 rings (SSSR count). The van der Waals surface area contributed by atoms with E-state index in [2.05, 4.69) is 16.0 Å². The van der Waals surface area contributed by atoms with Crippen LogP contribution in [0.2, 0.25) is 5.02 Å². The van der Waals surface area contributed by atoms with Crippen LogP contribution in [0, 0.1) is 6.92 Å². The first-order valence-corrected chi connectivity index (χ1v) is 8.78. The van der Waals surface area contributed by atoms with Crippen molar-refractivity contribution in [1.82, 2.24) is 10.6 Å². The van der Waals surface area contributed by atoms with Crippen molar-refractivity contribution in [3.8, 4) is 5.75 Å². The second-order valence-electron chi connectivity index (χ2n) is 6.08. The van der Waals surface area contributed by atoms with Gasteiger partial charge < -0.3 is 21.1 Å². The number of anilines is 1. The Balaban J connectivity index is 1.96. The first kappa shape index (κ1) is 18.2. The minimum atomic E-state index is -0.427. The van der Waals surface area contributed by atoms with E-state index in [0.717, 1.165) is 11.1 Å². The predicted molar refractivity (Wildman–Crippen MR) is 107 cm³/mol. The zero-order chi connectivity index (χ0) is 18.8. The van der Waals surface area contributed by atoms with Gasteiger partial charge in [0.05, 0.1) is 11.6 Å².